The van der Waals surface area contributed by atoms with E-state index in [2.05, 4.69) is 10.3 Å². The van der Waals surface area contributed by atoms with Crippen molar-refractivity contribution >= 4 is 34.0 Å². The van der Waals surface area contributed by atoms with Crippen molar-refractivity contribution in [3.63, 3.8) is 0 Å². The lowest BCUT2D eigenvalue weighted by Gasteiger charge is -2.23. The number of fused-ring (bicyclic) bond motifs is 2. The van der Waals surface area contributed by atoms with Crippen LogP contribution in [0.25, 0.3) is 32.7 Å². The Bertz CT molecular complexity index is 1620. The van der Waals surface area contributed by atoms with Crippen LogP contribution >= 0.6 is 0 Å². The van der Waals surface area contributed by atoms with Crippen molar-refractivity contribution < 1.29 is 41.1 Å². The Labute approximate surface area is 230 Å². The molecule has 0 unspecified atom stereocenters. The largest absolute Gasteiger partial charge is 0.507 e. The van der Waals surface area contributed by atoms with Gasteiger partial charge in [0.1, 0.15) is 11.5 Å². The van der Waals surface area contributed by atoms with Crippen LogP contribution < -0.4 is 0 Å². The summed E-state index contributed by atoms with van der Waals surface area (Å²) < 4.78 is 0. The minimum atomic E-state index is -0.582. The molecule has 8 N–H and O–H groups in total. The monoisotopic (exact) mass is 548 g/mol. The maximum absolute atomic E-state index is 11.7. The van der Waals surface area contributed by atoms with Gasteiger partial charge in [0.05, 0.1) is 23.6 Å². The average molecular weight is 549 g/mol. The van der Waals surface area contributed by atoms with Crippen LogP contribution in [0.5, 0.6) is 34.5 Å². The van der Waals surface area contributed by atoms with Crippen LogP contribution in [-0.2, 0) is 0 Å². The number of nitrogens with zero attached hydrogens (tertiary/aromatic N) is 2. The van der Waals surface area contributed by atoms with Crippen LogP contribution in [0.15, 0.2) is 22.4 Å². The van der Waals surface area contributed by atoms with E-state index in [9.17, 15) is 41.1 Å². The van der Waals surface area contributed by atoms with E-state index in [1.807, 2.05) is 27.7 Å². The molecule has 0 aliphatic rings. The molecule has 4 rings (SSSR count). The minimum Gasteiger partial charge on any atom is -0.507 e. The topological polar surface area (TPSA) is 187 Å². The van der Waals surface area contributed by atoms with Gasteiger partial charge in [0.15, 0.2) is 23.0 Å². The van der Waals surface area contributed by atoms with Crippen LogP contribution in [0.1, 0.15) is 72.9 Å². The van der Waals surface area contributed by atoms with Crippen LogP contribution in [0.2, 0.25) is 0 Å². The van der Waals surface area contributed by atoms with Crippen molar-refractivity contribution in [3.05, 3.63) is 45.5 Å². The third-order valence-electron chi connectivity index (χ3n) is 7.36. The Morgan fingerprint density at radius 2 is 0.875 bits per heavy atom. The number of aromatic hydroxyl groups is 6. The molecule has 10 nitrogen and oxygen atoms in total. The predicted octanol–water partition coefficient (Wildman–Crippen LogP) is 6.37. The van der Waals surface area contributed by atoms with Crippen LogP contribution in [0.3, 0.4) is 0 Å². The molecule has 0 atom stereocenters. The first-order valence-electron chi connectivity index (χ1n) is 12.6. The molecule has 0 saturated heterocycles. The Kier molecular flexibility index (Phi) is 7.06. The molecule has 4 aromatic carbocycles. The van der Waals surface area contributed by atoms with Crippen molar-refractivity contribution in [1.82, 2.24) is 0 Å². The molecule has 0 aliphatic heterocycles. The van der Waals surface area contributed by atoms with Crippen molar-refractivity contribution in [2.24, 2.45) is 10.3 Å². The summed E-state index contributed by atoms with van der Waals surface area (Å²) in [4.78, 5) is 0. The zero-order chi connectivity index (χ0) is 29.8. The van der Waals surface area contributed by atoms with Crippen molar-refractivity contribution in [3.8, 4) is 45.6 Å². The molecule has 0 heterocycles. The Morgan fingerprint density at radius 1 is 0.550 bits per heavy atom. The number of hydrogen-bond acceptors (Lipinski definition) is 10. The van der Waals surface area contributed by atoms with Crippen molar-refractivity contribution in [2.45, 2.75) is 53.4 Å². The molecule has 4 aromatic rings. The fourth-order valence-electron chi connectivity index (χ4n) is 5.74. The SMILES string of the molecule is Cc1cc2c(C(C)C)c(O)c(O)c(C=NO)c2c(O)c1-c1c(C)cc2c(C(C)C)c(O)c(O)c(C=NO)c2c1O. The average Bonchev–Trinajstić information content (AvgIpc) is 2.86. The number of phenols is 6. The van der Waals surface area contributed by atoms with Crippen molar-refractivity contribution in [2.75, 3.05) is 0 Å². The quantitative estimate of drug-likeness (QED) is 0.0611. The second-order valence-electron chi connectivity index (χ2n) is 10.5. The lowest BCUT2D eigenvalue weighted by molar-refractivity contribution is 0.321. The molecule has 0 aromatic heterocycles. The molecule has 0 amide bonds. The van der Waals surface area contributed by atoms with Gasteiger partial charge in [0.25, 0.3) is 0 Å². The normalized spacial score (nSPS) is 12.3. The van der Waals surface area contributed by atoms with Crippen LogP contribution in [0, 0.1) is 13.8 Å². The number of benzene rings is 4. The molecule has 0 fully saturated rings. The van der Waals surface area contributed by atoms with E-state index >= 15 is 0 Å². The van der Waals surface area contributed by atoms with Gasteiger partial charge in [-0.05, 0) is 47.6 Å². The summed E-state index contributed by atoms with van der Waals surface area (Å²) in [5.41, 5.74) is 1.86. The number of rotatable bonds is 5. The third-order valence-corrected chi connectivity index (χ3v) is 7.36. The van der Waals surface area contributed by atoms with Gasteiger partial charge in [0, 0.05) is 33.0 Å². The molecule has 0 radical (unpaired) electrons. The highest BCUT2D eigenvalue weighted by molar-refractivity contribution is 6.14. The van der Waals surface area contributed by atoms with Gasteiger partial charge in [-0.3, -0.25) is 0 Å². The fourth-order valence-corrected chi connectivity index (χ4v) is 5.74. The van der Waals surface area contributed by atoms with Gasteiger partial charge in [-0.25, -0.2) is 0 Å². The van der Waals surface area contributed by atoms with Crippen molar-refractivity contribution in [1.29, 1.82) is 0 Å². The maximum atomic E-state index is 11.7. The van der Waals surface area contributed by atoms with Crippen LogP contribution in [0.4, 0.5) is 0 Å². The summed E-state index contributed by atoms with van der Waals surface area (Å²) in [6.45, 7) is 10.7. The zero-order valence-electron chi connectivity index (χ0n) is 22.9. The second kappa shape index (κ2) is 10.0. The Morgan fingerprint density at radius 3 is 1.15 bits per heavy atom. The first kappa shape index (κ1) is 28.2. The number of hydrogen-bond donors (Lipinski definition) is 8. The first-order valence-corrected chi connectivity index (χ1v) is 12.6. The van der Waals surface area contributed by atoms with Gasteiger partial charge in [-0.15, -0.1) is 0 Å². The molecule has 0 spiro atoms. The zero-order valence-corrected chi connectivity index (χ0v) is 22.9. The number of aryl methyl sites for hydroxylation is 2. The number of oxime groups is 2. The third kappa shape index (κ3) is 3.95. The highest BCUT2D eigenvalue weighted by atomic mass is 16.4. The summed E-state index contributed by atoms with van der Waals surface area (Å²) in [5, 5.41) is 92.2. The molecule has 0 bridgehead atoms. The first-order chi connectivity index (χ1) is 18.8. The Balaban J connectivity index is 2.29. The molecular weight excluding hydrogens is 516 g/mol. The van der Waals surface area contributed by atoms with E-state index in [1.54, 1.807) is 26.0 Å². The molecule has 40 heavy (non-hydrogen) atoms. The van der Waals surface area contributed by atoms with Crippen LogP contribution in [-0.4, -0.2) is 53.5 Å². The fraction of sp³-hybridized carbons (Fsp3) is 0.267. The molecule has 0 saturated carbocycles. The van der Waals surface area contributed by atoms with E-state index < -0.39 is 23.0 Å². The van der Waals surface area contributed by atoms with Gasteiger partial charge >= 0.3 is 0 Å². The smallest absolute Gasteiger partial charge is 0.167 e. The molecular formula is C30H32N2O8. The van der Waals surface area contributed by atoms with Gasteiger partial charge in [-0.2, -0.15) is 0 Å². The van der Waals surface area contributed by atoms with E-state index in [4.69, 9.17) is 0 Å². The lowest BCUT2D eigenvalue weighted by Crippen LogP contribution is -2.01. The Hall–Kier alpha value is -4.86. The van der Waals surface area contributed by atoms with E-state index in [0.29, 0.717) is 33.0 Å². The van der Waals surface area contributed by atoms with E-state index in [-0.39, 0.29) is 56.4 Å². The van der Waals surface area contributed by atoms with E-state index in [0.717, 1.165) is 12.4 Å². The molecule has 210 valence electrons. The summed E-state index contributed by atoms with van der Waals surface area (Å²) in [7, 11) is 0. The predicted molar refractivity (Wildman–Crippen MR) is 153 cm³/mol. The van der Waals surface area contributed by atoms with E-state index in [1.165, 1.54) is 0 Å². The summed E-state index contributed by atoms with van der Waals surface area (Å²) >= 11 is 0. The summed E-state index contributed by atoms with van der Waals surface area (Å²) in [6.07, 6.45) is 1.80. The number of phenolic OH excluding ortho intramolecular Hbond substituents is 6. The van der Waals surface area contributed by atoms with Gasteiger partial charge < -0.3 is 41.1 Å². The highest BCUT2D eigenvalue weighted by Gasteiger charge is 2.29. The minimum absolute atomic E-state index is 0.0878. The molecule has 10 heteroatoms. The standard InChI is InChI=1S/C30H32N2O8/c1-11(2)19-15-7-13(5)21(27(35)23(15)17(9-31-39)25(33)29(19)37)22-14(6)8-16-20(12(3)4)30(38)26(34)18(10-32-40)24(16)28(22)36/h7-12,33-40H,1-6H3. The lowest BCUT2D eigenvalue weighted by atomic mass is 9.83. The second-order valence-corrected chi connectivity index (χ2v) is 10.5. The maximum Gasteiger partial charge on any atom is 0.167 e. The van der Waals surface area contributed by atoms with Gasteiger partial charge in [-0.1, -0.05) is 50.1 Å². The summed E-state index contributed by atoms with van der Waals surface area (Å²) in [6, 6.07) is 3.39. The van der Waals surface area contributed by atoms with Gasteiger partial charge in [0.2, 0.25) is 0 Å². The summed E-state index contributed by atoms with van der Waals surface area (Å²) in [5.74, 6) is -3.22. The highest BCUT2D eigenvalue weighted by Crippen LogP contribution is 2.54. The molecule has 0 aliphatic carbocycles.